The monoisotopic (exact) mass is 402 g/mol. The second-order valence-corrected chi connectivity index (χ2v) is 9.97. The van der Waals surface area contributed by atoms with Gasteiger partial charge in [0.15, 0.2) is 0 Å². The van der Waals surface area contributed by atoms with Gasteiger partial charge < -0.3 is 10.6 Å². The van der Waals surface area contributed by atoms with Crippen LogP contribution in [0.1, 0.15) is 71.3 Å². The molecule has 3 nitrogen and oxygen atoms in total. The SMILES string of the molecule is CC1CC2CC(C)(C(=O)NC3CCNCC3)CC(c3ccccc3)(C1)C2.CCF. The Morgan fingerprint density at radius 2 is 1.83 bits per heavy atom. The normalized spacial score (nSPS) is 34.6. The number of halogens is 1. The van der Waals surface area contributed by atoms with E-state index in [9.17, 15) is 9.18 Å². The van der Waals surface area contributed by atoms with Crippen molar-refractivity contribution in [1.82, 2.24) is 10.6 Å². The molecule has 4 unspecified atom stereocenters. The van der Waals surface area contributed by atoms with Crippen LogP contribution in [0.5, 0.6) is 0 Å². The van der Waals surface area contributed by atoms with Crippen LogP contribution in [0, 0.1) is 17.3 Å². The summed E-state index contributed by atoms with van der Waals surface area (Å²) in [6.45, 7) is 7.90. The Bertz CT molecular complexity index is 656. The summed E-state index contributed by atoms with van der Waals surface area (Å²) in [5.74, 6) is 1.74. The molecule has 3 fully saturated rings. The molecule has 4 heteroatoms. The van der Waals surface area contributed by atoms with Crippen LogP contribution < -0.4 is 10.6 Å². The van der Waals surface area contributed by atoms with Crippen molar-refractivity contribution in [3.05, 3.63) is 35.9 Å². The van der Waals surface area contributed by atoms with Crippen LogP contribution in [0.4, 0.5) is 4.39 Å². The maximum atomic E-state index is 13.3. The second-order valence-electron chi connectivity index (χ2n) is 9.97. The molecule has 1 amide bonds. The van der Waals surface area contributed by atoms with Crippen molar-refractivity contribution >= 4 is 5.91 Å². The van der Waals surface area contributed by atoms with Crippen LogP contribution in [0.2, 0.25) is 0 Å². The number of carbonyl (C=O) groups excluding carboxylic acids is 1. The van der Waals surface area contributed by atoms with Gasteiger partial charge in [0.2, 0.25) is 5.91 Å². The molecular weight excluding hydrogens is 363 g/mol. The molecule has 2 bridgehead atoms. The fraction of sp³-hybridized carbons (Fsp3) is 0.720. The number of fused-ring (bicyclic) bond motifs is 2. The first-order chi connectivity index (χ1) is 13.9. The molecule has 1 saturated heterocycles. The predicted molar refractivity (Wildman–Crippen MR) is 118 cm³/mol. The van der Waals surface area contributed by atoms with E-state index in [-0.39, 0.29) is 17.5 Å². The van der Waals surface area contributed by atoms with Crippen molar-refractivity contribution < 1.29 is 9.18 Å². The number of rotatable bonds is 3. The van der Waals surface area contributed by atoms with Crippen molar-refractivity contribution in [3.63, 3.8) is 0 Å². The molecule has 0 radical (unpaired) electrons. The van der Waals surface area contributed by atoms with Gasteiger partial charge in [0.25, 0.3) is 0 Å². The van der Waals surface area contributed by atoms with E-state index >= 15 is 0 Å². The van der Waals surface area contributed by atoms with Crippen LogP contribution in [0.3, 0.4) is 0 Å². The molecule has 1 aromatic carbocycles. The third-order valence-corrected chi connectivity index (χ3v) is 7.23. The summed E-state index contributed by atoms with van der Waals surface area (Å²) in [6.07, 6.45) is 7.95. The van der Waals surface area contributed by atoms with Crippen molar-refractivity contribution in [3.8, 4) is 0 Å². The van der Waals surface area contributed by atoms with E-state index in [2.05, 4.69) is 54.8 Å². The molecule has 4 atom stereocenters. The maximum Gasteiger partial charge on any atom is 0.226 e. The van der Waals surface area contributed by atoms with E-state index < -0.39 is 0 Å². The average molecular weight is 403 g/mol. The van der Waals surface area contributed by atoms with E-state index in [1.807, 2.05) is 0 Å². The first-order valence-electron chi connectivity index (χ1n) is 11.5. The molecule has 2 saturated carbocycles. The highest BCUT2D eigenvalue weighted by Gasteiger charge is 2.53. The molecule has 3 aliphatic rings. The zero-order chi connectivity index (χ0) is 20.9. The Labute approximate surface area is 176 Å². The van der Waals surface area contributed by atoms with Gasteiger partial charge in [-0.1, -0.05) is 44.2 Å². The third kappa shape index (κ3) is 5.20. The molecule has 2 aliphatic carbocycles. The summed E-state index contributed by atoms with van der Waals surface area (Å²) in [5.41, 5.74) is 1.41. The first kappa shape index (κ1) is 22.3. The number of alkyl halides is 1. The lowest BCUT2D eigenvalue weighted by molar-refractivity contribution is -0.137. The predicted octanol–water partition coefficient (Wildman–Crippen LogP) is 5.00. The molecule has 2 N–H and O–H groups in total. The van der Waals surface area contributed by atoms with Gasteiger partial charge in [-0.05, 0) is 87.8 Å². The van der Waals surface area contributed by atoms with Crippen LogP contribution in [-0.2, 0) is 10.2 Å². The van der Waals surface area contributed by atoms with Gasteiger partial charge >= 0.3 is 0 Å². The number of nitrogens with one attached hydrogen (secondary N) is 2. The van der Waals surface area contributed by atoms with E-state index in [1.165, 1.54) is 31.7 Å². The standard InChI is InChI=1S/C23H34N2O.C2H5F/c1-17-12-18-14-22(2,21(26)25-20-8-10-24-11-9-20)16-23(13-17,15-18)19-6-4-3-5-7-19;1-2-3/h3-7,17-18,20,24H,8-16H2,1-2H3,(H,25,26);2H2,1H3. The second kappa shape index (κ2) is 9.59. The van der Waals surface area contributed by atoms with Gasteiger partial charge in [-0.3, -0.25) is 9.18 Å². The zero-order valence-electron chi connectivity index (χ0n) is 18.5. The lowest BCUT2D eigenvalue weighted by Gasteiger charge is -2.54. The summed E-state index contributed by atoms with van der Waals surface area (Å²) in [6, 6.07) is 11.4. The van der Waals surface area contributed by atoms with Crippen molar-refractivity contribution in [2.75, 3.05) is 19.8 Å². The smallest absolute Gasteiger partial charge is 0.226 e. The Kier molecular flexibility index (Phi) is 7.37. The van der Waals surface area contributed by atoms with Crippen LogP contribution in [0.25, 0.3) is 0 Å². The molecule has 29 heavy (non-hydrogen) atoms. The van der Waals surface area contributed by atoms with Crippen LogP contribution in [-0.4, -0.2) is 31.7 Å². The lowest BCUT2D eigenvalue weighted by atomic mass is 9.50. The number of hydrogen-bond donors (Lipinski definition) is 2. The van der Waals surface area contributed by atoms with E-state index in [0.717, 1.165) is 44.7 Å². The highest BCUT2D eigenvalue weighted by molar-refractivity contribution is 5.83. The summed E-state index contributed by atoms with van der Waals surface area (Å²) < 4.78 is 10.3. The minimum atomic E-state index is -0.250. The summed E-state index contributed by atoms with van der Waals surface area (Å²) in [5, 5.41) is 6.81. The molecule has 1 heterocycles. The minimum Gasteiger partial charge on any atom is -0.353 e. The average Bonchev–Trinajstić information content (AvgIpc) is 2.69. The number of amides is 1. The quantitative estimate of drug-likeness (QED) is 0.747. The number of benzene rings is 1. The van der Waals surface area contributed by atoms with Gasteiger partial charge in [-0.15, -0.1) is 0 Å². The molecule has 1 aliphatic heterocycles. The van der Waals surface area contributed by atoms with Gasteiger partial charge in [0, 0.05) is 11.5 Å². The summed E-state index contributed by atoms with van der Waals surface area (Å²) in [7, 11) is 0. The Morgan fingerprint density at radius 3 is 2.48 bits per heavy atom. The fourth-order valence-corrected chi connectivity index (χ4v) is 6.42. The van der Waals surface area contributed by atoms with Crippen molar-refractivity contribution in [1.29, 1.82) is 0 Å². The molecule has 0 aromatic heterocycles. The molecule has 162 valence electrons. The Balaban J connectivity index is 0.000000755. The van der Waals surface area contributed by atoms with Gasteiger partial charge in [0.1, 0.15) is 0 Å². The number of carbonyl (C=O) groups is 1. The fourth-order valence-electron chi connectivity index (χ4n) is 6.42. The minimum absolute atomic E-state index is 0.183. The maximum absolute atomic E-state index is 13.3. The topological polar surface area (TPSA) is 41.1 Å². The molecule has 4 rings (SSSR count). The first-order valence-corrected chi connectivity index (χ1v) is 11.5. The van der Waals surface area contributed by atoms with E-state index in [0.29, 0.717) is 17.9 Å². The van der Waals surface area contributed by atoms with Gasteiger partial charge in [-0.25, -0.2) is 0 Å². The van der Waals surface area contributed by atoms with E-state index in [1.54, 1.807) is 0 Å². The number of hydrogen-bond acceptors (Lipinski definition) is 2. The van der Waals surface area contributed by atoms with Crippen molar-refractivity contribution in [2.45, 2.75) is 77.2 Å². The zero-order valence-corrected chi connectivity index (χ0v) is 18.5. The van der Waals surface area contributed by atoms with Crippen LogP contribution in [0.15, 0.2) is 30.3 Å². The summed E-state index contributed by atoms with van der Waals surface area (Å²) >= 11 is 0. The van der Waals surface area contributed by atoms with Crippen LogP contribution >= 0.6 is 0 Å². The summed E-state index contributed by atoms with van der Waals surface area (Å²) in [4.78, 5) is 13.3. The van der Waals surface area contributed by atoms with Crippen molar-refractivity contribution in [2.24, 2.45) is 17.3 Å². The molecular formula is C25H39FN2O. The molecule has 0 spiro atoms. The van der Waals surface area contributed by atoms with Gasteiger partial charge in [0.05, 0.1) is 6.67 Å². The number of piperidine rings is 1. The highest BCUT2D eigenvalue weighted by atomic mass is 19.1. The molecule has 1 aromatic rings. The Hall–Kier alpha value is -1.42. The third-order valence-electron chi connectivity index (χ3n) is 7.23. The van der Waals surface area contributed by atoms with Gasteiger partial charge in [-0.2, -0.15) is 0 Å². The lowest BCUT2D eigenvalue weighted by Crippen LogP contribution is -2.54. The largest absolute Gasteiger partial charge is 0.353 e. The Morgan fingerprint density at radius 1 is 1.17 bits per heavy atom. The van der Waals surface area contributed by atoms with E-state index in [4.69, 9.17) is 0 Å². The highest BCUT2D eigenvalue weighted by Crippen LogP contribution is 2.58.